The molecule has 0 bridgehead atoms. The first kappa shape index (κ1) is 15.8. The summed E-state index contributed by atoms with van der Waals surface area (Å²) in [4.78, 5) is 11.7. The molecule has 21 heavy (non-hydrogen) atoms. The fourth-order valence-electron chi connectivity index (χ4n) is 1.61. The van der Waals surface area contributed by atoms with Crippen molar-refractivity contribution in [3.8, 4) is 0 Å². The van der Waals surface area contributed by atoms with E-state index in [0.29, 0.717) is 5.76 Å². The molecule has 0 aliphatic carbocycles. The first-order valence-electron chi connectivity index (χ1n) is 6.11. The lowest BCUT2D eigenvalue weighted by atomic mass is 10.2. The zero-order valence-corrected chi connectivity index (χ0v) is 14.4. The Kier molecular flexibility index (Phi) is 5.58. The summed E-state index contributed by atoms with van der Waals surface area (Å²) in [6.45, 7) is 2.10. The summed E-state index contributed by atoms with van der Waals surface area (Å²) < 4.78 is 6.84. The van der Waals surface area contributed by atoms with E-state index >= 15 is 0 Å². The number of hydrazone groups is 1. The monoisotopic (exact) mass is 413 g/mol. The molecule has 0 saturated carbocycles. The molecule has 1 aromatic carbocycles. The number of aryl methyl sites for hydroxylation is 1. The second kappa shape index (κ2) is 7.42. The maximum Gasteiger partial charge on any atom is 0.259 e. The molecule has 5 nitrogen and oxygen atoms in total. The number of rotatable bonds is 5. The van der Waals surface area contributed by atoms with E-state index in [1.807, 2.05) is 19.1 Å². The van der Waals surface area contributed by atoms with Crippen LogP contribution >= 0.6 is 31.9 Å². The van der Waals surface area contributed by atoms with Crippen molar-refractivity contribution in [3.05, 3.63) is 50.8 Å². The summed E-state index contributed by atoms with van der Waals surface area (Å²) in [5, 5.41) is 6.85. The standard InChI is InChI=1S/C14H13Br2N3O2/c1-9-5-11(15)14(12(16)6-9)17-8-13(20)19-18-7-10-3-2-4-21-10/h2-7,17H,8H2,1H3,(H,19,20)/b18-7-. The van der Waals surface area contributed by atoms with Gasteiger partial charge in [-0.1, -0.05) is 0 Å². The summed E-state index contributed by atoms with van der Waals surface area (Å²) >= 11 is 6.92. The SMILES string of the molecule is Cc1cc(Br)c(NCC(=O)N/N=C\c2ccco2)c(Br)c1. The van der Waals surface area contributed by atoms with Crippen molar-refractivity contribution in [2.75, 3.05) is 11.9 Å². The van der Waals surface area contributed by atoms with Gasteiger partial charge in [-0.05, 0) is 68.6 Å². The minimum Gasteiger partial charge on any atom is -0.463 e. The highest BCUT2D eigenvalue weighted by Crippen LogP contribution is 2.31. The maximum atomic E-state index is 11.7. The number of benzene rings is 1. The van der Waals surface area contributed by atoms with Gasteiger partial charge < -0.3 is 9.73 Å². The number of furan rings is 1. The number of nitrogens with one attached hydrogen (secondary N) is 2. The molecule has 0 spiro atoms. The molecule has 2 aromatic rings. The van der Waals surface area contributed by atoms with E-state index in [0.717, 1.165) is 20.2 Å². The van der Waals surface area contributed by atoms with Crippen molar-refractivity contribution >= 4 is 49.7 Å². The highest BCUT2D eigenvalue weighted by atomic mass is 79.9. The molecule has 2 rings (SSSR count). The van der Waals surface area contributed by atoms with Crippen molar-refractivity contribution in [3.63, 3.8) is 0 Å². The molecule has 0 atom stereocenters. The summed E-state index contributed by atoms with van der Waals surface area (Å²) in [6, 6.07) is 7.44. The van der Waals surface area contributed by atoms with Gasteiger partial charge in [-0.2, -0.15) is 5.10 Å². The summed E-state index contributed by atoms with van der Waals surface area (Å²) in [5.41, 5.74) is 4.36. The molecule has 0 fully saturated rings. The van der Waals surface area contributed by atoms with Gasteiger partial charge in [0.15, 0.2) is 0 Å². The van der Waals surface area contributed by atoms with Crippen LogP contribution in [-0.2, 0) is 4.79 Å². The van der Waals surface area contributed by atoms with Gasteiger partial charge in [0.1, 0.15) is 5.76 Å². The Bertz CT molecular complexity index is 631. The molecule has 1 aromatic heterocycles. The van der Waals surface area contributed by atoms with Gasteiger partial charge in [0.25, 0.3) is 5.91 Å². The third-order valence-corrected chi connectivity index (χ3v) is 3.79. The Morgan fingerprint density at radius 2 is 2.10 bits per heavy atom. The first-order valence-corrected chi connectivity index (χ1v) is 7.70. The van der Waals surface area contributed by atoms with Crippen LogP contribution in [0.25, 0.3) is 0 Å². The minimum absolute atomic E-state index is 0.107. The Morgan fingerprint density at radius 3 is 2.71 bits per heavy atom. The van der Waals surface area contributed by atoms with E-state index in [1.165, 1.54) is 12.5 Å². The lowest BCUT2D eigenvalue weighted by molar-refractivity contribution is -0.119. The van der Waals surface area contributed by atoms with E-state index in [-0.39, 0.29) is 12.5 Å². The minimum atomic E-state index is -0.253. The zero-order valence-electron chi connectivity index (χ0n) is 11.2. The molecule has 0 aliphatic rings. The summed E-state index contributed by atoms with van der Waals surface area (Å²) in [6.07, 6.45) is 2.98. The van der Waals surface area contributed by atoms with E-state index in [9.17, 15) is 4.79 Å². The number of carbonyl (C=O) groups is 1. The molecule has 0 unspecified atom stereocenters. The van der Waals surface area contributed by atoms with Crippen LogP contribution in [0.3, 0.4) is 0 Å². The van der Waals surface area contributed by atoms with Crippen molar-refractivity contribution < 1.29 is 9.21 Å². The van der Waals surface area contributed by atoms with Crippen molar-refractivity contribution in [1.82, 2.24) is 5.43 Å². The second-order valence-electron chi connectivity index (χ2n) is 4.27. The van der Waals surface area contributed by atoms with Gasteiger partial charge in [-0.15, -0.1) is 0 Å². The maximum absolute atomic E-state index is 11.7. The van der Waals surface area contributed by atoms with Gasteiger partial charge in [0, 0.05) is 8.95 Å². The molecular formula is C14H13Br2N3O2. The molecule has 7 heteroatoms. The van der Waals surface area contributed by atoms with Crippen molar-refractivity contribution in [2.45, 2.75) is 6.92 Å². The van der Waals surface area contributed by atoms with Crippen LogP contribution in [0.5, 0.6) is 0 Å². The zero-order chi connectivity index (χ0) is 15.2. The van der Waals surface area contributed by atoms with Gasteiger partial charge in [-0.3, -0.25) is 4.79 Å². The fourth-order valence-corrected chi connectivity index (χ4v) is 3.31. The van der Waals surface area contributed by atoms with Gasteiger partial charge >= 0.3 is 0 Å². The van der Waals surface area contributed by atoms with Gasteiger partial charge in [0.2, 0.25) is 0 Å². The number of hydrogen-bond donors (Lipinski definition) is 2. The molecule has 2 N–H and O–H groups in total. The first-order chi connectivity index (χ1) is 10.1. The lowest BCUT2D eigenvalue weighted by Gasteiger charge is -2.10. The highest BCUT2D eigenvalue weighted by Gasteiger charge is 2.07. The van der Waals surface area contributed by atoms with Gasteiger partial charge in [-0.25, -0.2) is 5.43 Å². The molecular weight excluding hydrogens is 402 g/mol. The molecule has 110 valence electrons. The van der Waals surface area contributed by atoms with Crippen LogP contribution in [0, 0.1) is 6.92 Å². The van der Waals surface area contributed by atoms with Crippen molar-refractivity contribution in [2.24, 2.45) is 5.10 Å². The number of halogens is 2. The average Bonchev–Trinajstić information content (AvgIpc) is 2.90. The van der Waals surface area contributed by atoms with E-state index < -0.39 is 0 Å². The number of nitrogens with zero attached hydrogens (tertiary/aromatic N) is 1. The fraction of sp³-hybridized carbons (Fsp3) is 0.143. The Hall–Kier alpha value is -1.60. The Labute approximate surface area is 139 Å². The van der Waals surface area contributed by atoms with Gasteiger partial charge in [0.05, 0.1) is 24.7 Å². The molecule has 1 amide bonds. The lowest BCUT2D eigenvalue weighted by Crippen LogP contribution is -2.26. The molecule has 0 saturated heterocycles. The molecule has 0 radical (unpaired) electrons. The third-order valence-electron chi connectivity index (χ3n) is 2.54. The normalized spacial score (nSPS) is 10.8. The van der Waals surface area contributed by atoms with Crippen molar-refractivity contribution in [1.29, 1.82) is 0 Å². The number of amides is 1. The second-order valence-corrected chi connectivity index (χ2v) is 5.97. The van der Waals surface area contributed by atoms with E-state index in [2.05, 4.69) is 47.7 Å². The molecule has 1 heterocycles. The largest absolute Gasteiger partial charge is 0.463 e. The predicted molar refractivity (Wildman–Crippen MR) is 89.5 cm³/mol. The van der Waals surface area contributed by atoms with Crippen LogP contribution in [0.4, 0.5) is 5.69 Å². The van der Waals surface area contributed by atoms with Crippen LogP contribution in [0.1, 0.15) is 11.3 Å². The quantitative estimate of drug-likeness (QED) is 0.579. The number of anilines is 1. The Balaban J connectivity index is 1.87. The van der Waals surface area contributed by atoms with Crippen LogP contribution in [-0.4, -0.2) is 18.7 Å². The van der Waals surface area contributed by atoms with Crippen LogP contribution in [0.2, 0.25) is 0 Å². The number of carbonyl (C=O) groups excluding carboxylic acids is 1. The summed E-state index contributed by atoms with van der Waals surface area (Å²) in [5.74, 6) is 0.324. The highest BCUT2D eigenvalue weighted by molar-refractivity contribution is 9.11. The van der Waals surface area contributed by atoms with Crippen LogP contribution < -0.4 is 10.7 Å². The van der Waals surface area contributed by atoms with E-state index in [1.54, 1.807) is 12.1 Å². The number of hydrogen-bond acceptors (Lipinski definition) is 4. The van der Waals surface area contributed by atoms with E-state index in [4.69, 9.17) is 4.42 Å². The predicted octanol–water partition coefficient (Wildman–Crippen LogP) is 3.68. The van der Waals surface area contributed by atoms with Crippen LogP contribution in [0.15, 0.2) is 49.0 Å². The third kappa shape index (κ3) is 4.71. The summed E-state index contributed by atoms with van der Waals surface area (Å²) in [7, 11) is 0. The average molecular weight is 415 g/mol. The smallest absolute Gasteiger partial charge is 0.259 e. The molecule has 0 aliphatic heterocycles. The topological polar surface area (TPSA) is 66.6 Å². The Morgan fingerprint density at radius 1 is 1.38 bits per heavy atom.